The SMILES string of the molecule is C=CC(=O)Oc1cccc(N(c2cccc(OC(=O)C=C)c2)c2ccc(C)c(C)c2)c1. The van der Waals surface area contributed by atoms with Gasteiger partial charge in [0, 0.05) is 41.3 Å². The van der Waals surface area contributed by atoms with Crippen molar-refractivity contribution in [2.45, 2.75) is 13.8 Å². The fourth-order valence-corrected chi connectivity index (χ4v) is 3.00. The molecule has 0 saturated carbocycles. The zero-order valence-electron chi connectivity index (χ0n) is 17.5. The Morgan fingerprint density at radius 2 is 1.19 bits per heavy atom. The second kappa shape index (κ2) is 9.59. The van der Waals surface area contributed by atoms with Crippen LogP contribution >= 0.6 is 0 Å². The van der Waals surface area contributed by atoms with Crippen molar-refractivity contribution >= 4 is 29.0 Å². The molecule has 3 rings (SSSR count). The molecule has 0 aliphatic rings. The van der Waals surface area contributed by atoms with Crippen LogP contribution in [0.5, 0.6) is 11.5 Å². The maximum Gasteiger partial charge on any atom is 0.335 e. The number of nitrogens with zero attached hydrogens (tertiary/aromatic N) is 1. The van der Waals surface area contributed by atoms with Crippen LogP contribution in [0.4, 0.5) is 17.1 Å². The summed E-state index contributed by atoms with van der Waals surface area (Å²) in [5, 5.41) is 0. The van der Waals surface area contributed by atoms with Gasteiger partial charge in [-0.1, -0.05) is 31.4 Å². The fourth-order valence-electron chi connectivity index (χ4n) is 3.00. The molecule has 0 aromatic heterocycles. The highest BCUT2D eigenvalue weighted by Crippen LogP contribution is 2.38. The third-order valence-corrected chi connectivity index (χ3v) is 4.67. The van der Waals surface area contributed by atoms with E-state index in [2.05, 4.69) is 19.2 Å². The van der Waals surface area contributed by atoms with Gasteiger partial charge in [0.05, 0.1) is 0 Å². The minimum absolute atomic E-state index is 0.394. The summed E-state index contributed by atoms with van der Waals surface area (Å²) >= 11 is 0. The molecule has 0 unspecified atom stereocenters. The smallest absolute Gasteiger partial charge is 0.335 e. The number of ether oxygens (including phenoxy) is 2. The van der Waals surface area contributed by atoms with E-state index in [-0.39, 0.29) is 0 Å². The highest BCUT2D eigenvalue weighted by atomic mass is 16.5. The van der Waals surface area contributed by atoms with Gasteiger partial charge in [0.15, 0.2) is 0 Å². The monoisotopic (exact) mass is 413 g/mol. The van der Waals surface area contributed by atoms with Crippen LogP contribution in [0.15, 0.2) is 92.0 Å². The molecule has 0 N–H and O–H groups in total. The van der Waals surface area contributed by atoms with Gasteiger partial charge in [0.1, 0.15) is 11.5 Å². The summed E-state index contributed by atoms with van der Waals surface area (Å²) in [6, 6.07) is 20.5. The second-order valence-corrected chi connectivity index (χ2v) is 6.85. The highest BCUT2D eigenvalue weighted by molar-refractivity contribution is 5.85. The number of anilines is 3. The van der Waals surface area contributed by atoms with Crippen LogP contribution in [0.2, 0.25) is 0 Å². The largest absolute Gasteiger partial charge is 0.423 e. The zero-order chi connectivity index (χ0) is 22.4. The zero-order valence-corrected chi connectivity index (χ0v) is 17.5. The molecule has 0 aliphatic carbocycles. The van der Waals surface area contributed by atoms with Crippen LogP contribution in [-0.2, 0) is 9.59 Å². The molecule has 5 heteroatoms. The van der Waals surface area contributed by atoms with Crippen LogP contribution in [0, 0.1) is 13.8 Å². The van der Waals surface area contributed by atoms with Gasteiger partial charge >= 0.3 is 11.9 Å². The van der Waals surface area contributed by atoms with E-state index in [9.17, 15) is 9.59 Å². The number of rotatable bonds is 7. The number of aryl methyl sites for hydroxylation is 2. The van der Waals surface area contributed by atoms with E-state index in [4.69, 9.17) is 9.47 Å². The predicted octanol–water partition coefficient (Wildman–Crippen LogP) is 5.96. The average molecular weight is 413 g/mol. The van der Waals surface area contributed by atoms with Crippen molar-refractivity contribution < 1.29 is 19.1 Å². The Labute approximate surface area is 181 Å². The molecule has 0 amide bonds. The third-order valence-electron chi connectivity index (χ3n) is 4.67. The first-order valence-electron chi connectivity index (χ1n) is 9.67. The molecule has 0 heterocycles. The van der Waals surface area contributed by atoms with Crippen LogP contribution in [0.3, 0.4) is 0 Å². The minimum atomic E-state index is -0.534. The number of benzene rings is 3. The van der Waals surface area contributed by atoms with Gasteiger partial charge in [0.25, 0.3) is 0 Å². The van der Waals surface area contributed by atoms with Gasteiger partial charge in [0.2, 0.25) is 0 Å². The molecule has 0 saturated heterocycles. The molecular weight excluding hydrogens is 390 g/mol. The van der Waals surface area contributed by atoms with Gasteiger partial charge in [-0.3, -0.25) is 0 Å². The summed E-state index contributed by atoms with van der Waals surface area (Å²) in [5.41, 5.74) is 4.74. The van der Waals surface area contributed by atoms with Crippen LogP contribution in [0.25, 0.3) is 0 Å². The van der Waals surface area contributed by atoms with Crippen molar-refractivity contribution in [2.75, 3.05) is 4.90 Å². The number of esters is 2. The molecule has 31 heavy (non-hydrogen) atoms. The maximum absolute atomic E-state index is 11.6. The summed E-state index contributed by atoms with van der Waals surface area (Å²) < 4.78 is 10.6. The van der Waals surface area contributed by atoms with Crippen molar-refractivity contribution in [1.29, 1.82) is 0 Å². The lowest BCUT2D eigenvalue weighted by atomic mass is 10.1. The molecule has 0 atom stereocenters. The first-order valence-corrected chi connectivity index (χ1v) is 9.67. The van der Waals surface area contributed by atoms with Crippen molar-refractivity contribution in [2.24, 2.45) is 0 Å². The van der Waals surface area contributed by atoms with Gasteiger partial charge in [-0.2, -0.15) is 0 Å². The van der Waals surface area contributed by atoms with E-state index in [1.807, 2.05) is 43.0 Å². The molecule has 156 valence electrons. The summed E-state index contributed by atoms with van der Waals surface area (Å²) in [5.74, 6) is -0.280. The lowest BCUT2D eigenvalue weighted by Gasteiger charge is -2.26. The fraction of sp³-hybridized carbons (Fsp3) is 0.0769. The molecular formula is C26H23NO4. The average Bonchev–Trinajstić information content (AvgIpc) is 2.77. The lowest BCUT2D eigenvalue weighted by molar-refractivity contribution is -0.129. The lowest BCUT2D eigenvalue weighted by Crippen LogP contribution is -2.12. The summed E-state index contributed by atoms with van der Waals surface area (Å²) in [6.45, 7) is 11.0. The molecule has 5 nitrogen and oxygen atoms in total. The van der Waals surface area contributed by atoms with Crippen molar-refractivity contribution in [1.82, 2.24) is 0 Å². The normalized spacial score (nSPS) is 10.1. The van der Waals surface area contributed by atoms with E-state index < -0.39 is 11.9 Å². The summed E-state index contributed by atoms with van der Waals surface area (Å²) in [6.07, 6.45) is 2.23. The van der Waals surface area contributed by atoms with E-state index >= 15 is 0 Å². The summed E-state index contributed by atoms with van der Waals surface area (Å²) in [4.78, 5) is 25.3. The number of carbonyl (C=O) groups is 2. The van der Waals surface area contributed by atoms with Gasteiger partial charge in [-0.05, 0) is 61.4 Å². The van der Waals surface area contributed by atoms with E-state index in [1.54, 1.807) is 36.4 Å². The van der Waals surface area contributed by atoms with Crippen LogP contribution in [0.1, 0.15) is 11.1 Å². The molecule has 0 radical (unpaired) electrons. The van der Waals surface area contributed by atoms with Crippen LogP contribution in [-0.4, -0.2) is 11.9 Å². The van der Waals surface area contributed by atoms with Gasteiger partial charge in [-0.25, -0.2) is 9.59 Å². The first-order chi connectivity index (χ1) is 14.9. The number of carbonyl (C=O) groups excluding carboxylic acids is 2. The Morgan fingerprint density at radius 1 is 0.710 bits per heavy atom. The standard InChI is InChI=1S/C26H23NO4/c1-5-25(28)30-23-11-7-9-20(16-23)27(22-14-13-18(3)19(4)15-22)21-10-8-12-24(17-21)31-26(29)6-2/h5-17H,1-2H2,3-4H3. The Hall–Kier alpha value is -4.12. The van der Waals surface area contributed by atoms with Crippen LogP contribution < -0.4 is 14.4 Å². The Kier molecular flexibility index (Phi) is 6.67. The maximum atomic E-state index is 11.6. The van der Waals surface area contributed by atoms with E-state index in [0.717, 1.165) is 34.8 Å². The molecule has 3 aromatic rings. The quantitative estimate of drug-likeness (QED) is 0.272. The minimum Gasteiger partial charge on any atom is -0.423 e. The van der Waals surface area contributed by atoms with Gasteiger partial charge < -0.3 is 14.4 Å². The van der Waals surface area contributed by atoms with Crippen molar-refractivity contribution in [3.8, 4) is 11.5 Å². The van der Waals surface area contributed by atoms with Gasteiger partial charge in [-0.15, -0.1) is 0 Å². The van der Waals surface area contributed by atoms with E-state index in [0.29, 0.717) is 11.5 Å². The Balaban J connectivity index is 2.11. The Morgan fingerprint density at radius 3 is 1.65 bits per heavy atom. The third kappa shape index (κ3) is 5.28. The number of hydrogen-bond donors (Lipinski definition) is 0. The van der Waals surface area contributed by atoms with E-state index in [1.165, 1.54) is 5.56 Å². The number of hydrogen-bond acceptors (Lipinski definition) is 5. The second-order valence-electron chi connectivity index (χ2n) is 6.85. The van der Waals surface area contributed by atoms with Crippen molar-refractivity contribution in [3.63, 3.8) is 0 Å². The van der Waals surface area contributed by atoms with Crippen molar-refractivity contribution in [3.05, 3.63) is 103 Å². The first kappa shape index (κ1) is 21.6. The molecule has 0 aliphatic heterocycles. The highest BCUT2D eigenvalue weighted by Gasteiger charge is 2.16. The molecule has 0 fully saturated rings. The molecule has 3 aromatic carbocycles. The topological polar surface area (TPSA) is 55.8 Å². The Bertz CT molecular complexity index is 1080. The molecule has 0 bridgehead atoms. The predicted molar refractivity (Wildman–Crippen MR) is 122 cm³/mol. The summed E-state index contributed by atoms with van der Waals surface area (Å²) in [7, 11) is 0. The molecule has 0 spiro atoms.